The maximum absolute atomic E-state index is 13.1. The summed E-state index contributed by atoms with van der Waals surface area (Å²) in [5, 5.41) is 10.0. The lowest BCUT2D eigenvalue weighted by Gasteiger charge is -2.12. The number of benzene rings is 2. The topological polar surface area (TPSA) is 71.8 Å². The molecule has 3 aromatic rings. The molecule has 0 aliphatic heterocycles. The van der Waals surface area contributed by atoms with Gasteiger partial charge in [0.2, 0.25) is 5.78 Å². The summed E-state index contributed by atoms with van der Waals surface area (Å²) in [5.74, 6) is -0.246. The summed E-state index contributed by atoms with van der Waals surface area (Å²) in [4.78, 5) is 13.1. The first-order chi connectivity index (χ1) is 11.9. The molecule has 0 unspecified atom stereocenters. The number of nitrogens with two attached hydrogens (primary N) is 1. The van der Waals surface area contributed by atoms with Gasteiger partial charge in [0.15, 0.2) is 0 Å². The van der Waals surface area contributed by atoms with Gasteiger partial charge in [0.1, 0.15) is 11.8 Å². The van der Waals surface area contributed by atoms with E-state index in [9.17, 15) is 10.1 Å². The highest BCUT2D eigenvalue weighted by Crippen LogP contribution is 2.31. The van der Waals surface area contributed by atoms with E-state index in [4.69, 9.17) is 17.3 Å². The Morgan fingerprint density at radius 2 is 1.76 bits per heavy atom. The molecule has 0 amide bonds. The monoisotopic (exact) mass is 413 g/mol. The van der Waals surface area contributed by atoms with E-state index in [1.54, 1.807) is 60.0 Å². The first-order valence-electron chi connectivity index (χ1n) is 7.41. The number of halogens is 2. The molecule has 0 aliphatic rings. The van der Waals surface area contributed by atoms with Crippen LogP contribution in [0, 0.1) is 18.3 Å². The van der Waals surface area contributed by atoms with E-state index in [0.29, 0.717) is 21.8 Å². The van der Waals surface area contributed by atoms with Crippen LogP contribution in [-0.2, 0) is 0 Å². The van der Waals surface area contributed by atoms with Crippen LogP contribution in [0.15, 0.2) is 53.0 Å². The number of rotatable bonds is 3. The second-order valence-corrected chi connectivity index (χ2v) is 6.83. The van der Waals surface area contributed by atoms with Crippen LogP contribution in [0.1, 0.15) is 27.3 Å². The van der Waals surface area contributed by atoms with E-state index in [1.165, 1.54) is 0 Å². The Labute approximate surface area is 158 Å². The van der Waals surface area contributed by atoms with Gasteiger partial charge in [0.05, 0.1) is 11.3 Å². The average Bonchev–Trinajstić information content (AvgIpc) is 2.86. The predicted molar refractivity (Wildman–Crippen MR) is 102 cm³/mol. The molecule has 0 fully saturated rings. The van der Waals surface area contributed by atoms with Crippen LogP contribution in [0.25, 0.3) is 5.69 Å². The Bertz CT molecular complexity index is 999. The Morgan fingerprint density at radius 3 is 2.32 bits per heavy atom. The van der Waals surface area contributed by atoms with Crippen molar-refractivity contribution in [3.8, 4) is 11.8 Å². The first kappa shape index (κ1) is 17.3. The number of ketones is 1. The maximum Gasteiger partial charge on any atom is 0.211 e. The number of nitrogens with zero attached hydrogens (tertiary/aromatic N) is 2. The molecule has 0 saturated heterocycles. The van der Waals surface area contributed by atoms with Gasteiger partial charge < -0.3 is 10.3 Å². The van der Waals surface area contributed by atoms with Gasteiger partial charge in [-0.25, -0.2) is 0 Å². The van der Waals surface area contributed by atoms with Crippen molar-refractivity contribution >= 4 is 39.0 Å². The molecule has 0 atom stereocenters. The van der Waals surface area contributed by atoms with E-state index < -0.39 is 0 Å². The molecule has 2 aromatic carbocycles. The molecule has 0 aliphatic carbocycles. The minimum absolute atomic E-state index is 0.183. The largest absolute Gasteiger partial charge is 0.396 e. The SMILES string of the molecule is Cc1c(C#N)c(N)c(C(=O)c2ccc(Br)cc2)n1-c1ccc(Cl)cc1. The van der Waals surface area contributed by atoms with E-state index in [1.807, 2.05) is 0 Å². The van der Waals surface area contributed by atoms with Gasteiger partial charge in [-0.1, -0.05) is 27.5 Å². The van der Waals surface area contributed by atoms with Crippen LogP contribution < -0.4 is 5.73 Å². The highest BCUT2D eigenvalue weighted by Gasteiger charge is 2.25. The third kappa shape index (κ3) is 3.07. The van der Waals surface area contributed by atoms with Gasteiger partial charge in [0.25, 0.3) is 0 Å². The zero-order valence-corrected chi connectivity index (χ0v) is 15.6. The highest BCUT2D eigenvalue weighted by molar-refractivity contribution is 9.10. The van der Waals surface area contributed by atoms with Crippen molar-refractivity contribution in [3.05, 3.63) is 80.5 Å². The fourth-order valence-corrected chi connectivity index (χ4v) is 3.12. The van der Waals surface area contributed by atoms with Crippen LogP contribution in [0.4, 0.5) is 5.69 Å². The molecular weight excluding hydrogens is 402 g/mol. The fraction of sp³-hybridized carbons (Fsp3) is 0.0526. The summed E-state index contributed by atoms with van der Waals surface area (Å²) in [7, 11) is 0. The Morgan fingerprint density at radius 1 is 1.16 bits per heavy atom. The third-order valence-electron chi connectivity index (χ3n) is 3.96. The van der Waals surface area contributed by atoms with Crippen LogP contribution in [0.5, 0.6) is 0 Å². The number of anilines is 1. The van der Waals surface area contributed by atoms with Crippen LogP contribution in [0.3, 0.4) is 0 Å². The molecule has 2 N–H and O–H groups in total. The molecule has 6 heteroatoms. The maximum atomic E-state index is 13.1. The third-order valence-corrected chi connectivity index (χ3v) is 4.74. The number of aromatic nitrogens is 1. The molecule has 0 spiro atoms. The number of nitriles is 1. The van der Waals surface area contributed by atoms with Gasteiger partial charge in [-0.15, -0.1) is 0 Å². The van der Waals surface area contributed by atoms with Crippen molar-refractivity contribution < 1.29 is 4.79 Å². The van der Waals surface area contributed by atoms with Crippen LogP contribution in [0.2, 0.25) is 5.02 Å². The smallest absolute Gasteiger partial charge is 0.211 e. The lowest BCUT2D eigenvalue weighted by Crippen LogP contribution is -2.12. The molecule has 124 valence electrons. The lowest BCUT2D eigenvalue weighted by molar-refractivity contribution is 0.103. The minimum atomic E-state index is -0.246. The number of hydrogen-bond donors (Lipinski definition) is 1. The second-order valence-electron chi connectivity index (χ2n) is 5.48. The standard InChI is InChI=1S/C19H13BrClN3O/c1-11-16(10-22)17(23)18(19(25)12-2-4-13(20)5-3-12)24(11)15-8-6-14(21)7-9-15/h2-9H,23H2,1H3. The van der Waals surface area contributed by atoms with Crippen molar-refractivity contribution in [2.45, 2.75) is 6.92 Å². The normalized spacial score (nSPS) is 10.5. The van der Waals surface area contributed by atoms with E-state index in [-0.39, 0.29) is 17.2 Å². The number of hydrogen-bond acceptors (Lipinski definition) is 3. The number of nitrogen functional groups attached to an aromatic ring is 1. The average molecular weight is 415 g/mol. The van der Waals surface area contributed by atoms with Gasteiger partial charge in [0, 0.05) is 26.4 Å². The number of carbonyl (C=O) groups is 1. The van der Waals surface area contributed by atoms with Crippen molar-refractivity contribution in [2.24, 2.45) is 0 Å². The molecule has 0 radical (unpaired) electrons. The summed E-state index contributed by atoms with van der Waals surface area (Å²) in [5.41, 5.74) is 8.74. The minimum Gasteiger partial charge on any atom is -0.396 e. The van der Waals surface area contributed by atoms with Crippen LogP contribution >= 0.6 is 27.5 Å². The van der Waals surface area contributed by atoms with Gasteiger partial charge >= 0.3 is 0 Å². The molecule has 0 bridgehead atoms. The Balaban J connectivity index is 2.25. The summed E-state index contributed by atoms with van der Waals surface area (Å²) in [6.45, 7) is 1.77. The highest BCUT2D eigenvalue weighted by atomic mass is 79.9. The van der Waals surface area contributed by atoms with Gasteiger partial charge in [-0.2, -0.15) is 5.26 Å². The molecule has 3 rings (SSSR count). The summed E-state index contributed by atoms with van der Waals surface area (Å²) in [6.07, 6.45) is 0. The lowest BCUT2D eigenvalue weighted by atomic mass is 10.1. The van der Waals surface area contributed by atoms with Crippen molar-refractivity contribution in [1.82, 2.24) is 4.57 Å². The molecule has 25 heavy (non-hydrogen) atoms. The molecule has 1 aromatic heterocycles. The van der Waals surface area contributed by atoms with Crippen molar-refractivity contribution in [1.29, 1.82) is 5.26 Å². The summed E-state index contributed by atoms with van der Waals surface area (Å²) in [6, 6.07) is 16.1. The Hall–Kier alpha value is -2.55. The summed E-state index contributed by atoms with van der Waals surface area (Å²) < 4.78 is 2.58. The fourth-order valence-electron chi connectivity index (χ4n) is 2.73. The number of carbonyl (C=O) groups excluding carboxylic acids is 1. The zero-order valence-electron chi connectivity index (χ0n) is 13.3. The van der Waals surface area contributed by atoms with Gasteiger partial charge in [-0.3, -0.25) is 4.79 Å². The van der Waals surface area contributed by atoms with E-state index in [2.05, 4.69) is 22.0 Å². The van der Waals surface area contributed by atoms with Crippen LogP contribution in [-0.4, -0.2) is 10.4 Å². The van der Waals surface area contributed by atoms with Crippen molar-refractivity contribution in [3.63, 3.8) is 0 Å². The molecule has 1 heterocycles. The second kappa shape index (κ2) is 6.75. The molecular formula is C19H13BrClN3O. The first-order valence-corrected chi connectivity index (χ1v) is 8.58. The van der Waals surface area contributed by atoms with E-state index >= 15 is 0 Å². The Kier molecular flexibility index (Phi) is 4.67. The van der Waals surface area contributed by atoms with Gasteiger partial charge in [-0.05, 0) is 55.5 Å². The predicted octanol–water partition coefficient (Wildman–Crippen LogP) is 4.89. The quantitative estimate of drug-likeness (QED) is 0.620. The van der Waals surface area contributed by atoms with Crippen molar-refractivity contribution in [2.75, 3.05) is 5.73 Å². The van der Waals surface area contributed by atoms with E-state index in [0.717, 1.165) is 10.2 Å². The molecule has 4 nitrogen and oxygen atoms in total. The summed E-state index contributed by atoms with van der Waals surface area (Å²) >= 11 is 9.31. The zero-order chi connectivity index (χ0) is 18.1. The molecule has 0 saturated carbocycles.